The summed E-state index contributed by atoms with van der Waals surface area (Å²) < 4.78 is 5.26. The molecule has 0 aliphatic heterocycles. The maximum absolute atomic E-state index is 11.9. The Labute approximate surface area is 119 Å². The summed E-state index contributed by atoms with van der Waals surface area (Å²) in [4.78, 5) is 11.9. The van der Waals surface area contributed by atoms with E-state index in [-0.39, 0.29) is 6.04 Å². The predicted molar refractivity (Wildman–Crippen MR) is 79.7 cm³/mol. The second-order valence-corrected chi connectivity index (χ2v) is 4.60. The highest BCUT2D eigenvalue weighted by Gasteiger charge is 2.14. The molecule has 2 rings (SSSR count). The summed E-state index contributed by atoms with van der Waals surface area (Å²) in [6, 6.07) is 19.0. The Kier molecular flexibility index (Phi) is 5.18. The molecule has 0 bridgehead atoms. The van der Waals surface area contributed by atoms with Gasteiger partial charge >= 0.3 is 6.09 Å². The number of rotatable bonds is 5. The fourth-order valence-electron chi connectivity index (χ4n) is 2.06. The molecule has 0 radical (unpaired) electrons. The summed E-state index contributed by atoms with van der Waals surface area (Å²) in [5.41, 5.74) is 1.10. The Balaban J connectivity index is 1.99. The Morgan fingerprint density at radius 3 is 2.25 bits per heavy atom. The number of carbonyl (C=O) groups is 1. The molecule has 1 atom stereocenters. The lowest BCUT2D eigenvalue weighted by atomic mass is 10.0. The van der Waals surface area contributed by atoms with Gasteiger partial charge in [-0.05, 0) is 24.1 Å². The van der Waals surface area contributed by atoms with Crippen molar-refractivity contribution in [1.29, 1.82) is 0 Å². The van der Waals surface area contributed by atoms with Gasteiger partial charge in [-0.3, -0.25) is 0 Å². The van der Waals surface area contributed by atoms with Crippen molar-refractivity contribution >= 4 is 6.09 Å². The first-order chi connectivity index (χ1) is 9.79. The Hall–Kier alpha value is -2.29. The van der Waals surface area contributed by atoms with Crippen molar-refractivity contribution in [3.8, 4) is 5.75 Å². The zero-order chi connectivity index (χ0) is 14.2. The van der Waals surface area contributed by atoms with Crippen LogP contribution < -0.4 is 10.1 Å². The van der Waals surface area contributed by atoms with Crippen LogP contribution >= 0.6 is 0 Å². The molecule has 0 heterocycles. The first-order valence-electron chi connectivity index (χ1n) is 6.88. The van der Waals surface area contributed by atoms with E-state index in [9.17, 15) is 4.79 Å². The zero-order valence-electron chi connectivity index (χ0n) is 11.6. The standard InChI is InChI=1S/C17H19NO2/c1-2-9-16(14-10-5-3-6-11-14)18-17(19)20-15-12-7-4-8-13-15/h3-8,10-13,16H,2,9H2,1H3,(H,18,19). The van der Waals surface area contributed by atoms with Crippen molar-refractivity contribution in [2.75, 3.05) is 0 Å². The van der Waals surface area contributed by atoms with Gasteiger partial charge in [-0.25, -0.2) is 4.79 Å². The van der Waals surface area contributed by atoms with Crippen LogP contribution in [-0.2, 0) is 0 Å². The third kappa shape index (κ3) is 4.12. The molecule has 0 saturated carbocycles. The van der Waals surface area contributed by atoms with Gasteiger partial charge in [-0.2, -0.15) is 0 Å². The van der Waals surface area contributed by atoms with E-state index in [1.54, 1.807) is 12.1 Å². The molecule has 20 heavy (non-hydrogen) atoms. The maximum atomic E-state index is 11.9. The Morgan fingerprint density at radius 1 is 1.05 bits per heavy atom. The van der Waals surface area contributed by atoms with Crippen molar-refractivity contribution in [2.24, 2.45) is 0 Å². The molecular formula is C17H19NO2. The molecule has 0 aliphatic carbocycles. The molecule has 1 amide bonds. The summed E-state index contributed by atoms with van der Waals surface area (Å²) in [5, 5.41) is 2.92. The number of nitrogens with one attached hydrogen (secondary N) is 1. The van der Waals surface area contributed by atoms with E-state index in [0.717, 1.165) is 18.4 Å². The van der Waals surface area contributed by atoms with E-state index in [0.29, 0.717) is 5.75 Å². The SMILES string of the molecule is CCCC(NC(=O)Oc1ccccc1)c1ccccc1. The van der Waals surface area contributed by atoms with Gasteiger partial charge in [0, 0.05) is 0 Å². The quantitative estimate of drug-likeness (QED) is 0.878. The summed E-state index contributed by atoms with van der Waals surface area (Å²) in [6.07, 6.45) is 1.46. The van der Waals surface area contributed by atoms with E-state index in [4.69, 9.17) is 4.74 Å². The lowest BCUT2D eigenvalue weighted by Crippen LogP contribution is -2.31. The molecule has 0 aliphatic rings. The first kappa shape index (κ1) is 14.1. The highest BCUT2D eigenvalue weighted by atomic mass is 16.6. The fourth-order valence-corrected chi connectivity index (χ4v) is 2.06. The molecule has 3 nitrogen and oxygen atoms in total. The van der Waals surface area contributed by atoms with Crippen molar-refractivity contribution in [3.05, 3.63) is 66.2 Å². The smallest absolute Gasteiger partial charge is 0.410 e. The lowest BCUT2D eigenvalue weighted by Gasteiger charge is -2.18. The minimum Gasteiger partial charge on any atom is -0.410 e. The van der Waals surface area contributed by atoms with Crippen molar-refractivity contribution in [2.45, 2.75) is 25.8 Å². The number of hydrogen-bond donors (Lipinski definition) is 1. The van der Waals surface area contributed by atoms with Crippen LogP contribution in [0.3, 0.4) is 0 Å². The molecule has 0 spiro atoms. The Morgan fingerprint density at radius 2 is 1.65 bits per heavy atom. The highest BCUT2D eigenvalue weighted by molar-refractivity contribution is 5.70. The van der Waals surface area contributed by atoms with Crippen LogP contribution in [0.2, 0.25) is 0 Å². The largest absolute Gasteiger partial charge is 0.413 e. The van der Waals surface area contributed by atoms with Crippen LogP contribution in [-0.4, -0.2) is 6.09 Å². The van der Waals surface area contributed by atoms with E-state index in [2.05, 4.69) is 12.2 Å². The Bertz CT molecular complexity index is 525. The number of carbonyl (C=O) groups excluding carboxylic acids is 1. The van der Waals surface area contributed by atoms with Gasteiger partial charge in [0.2, 0.25) is 0 Å². The molecule has 3 heteroatoms. The van der Waals surface area contributed by atoms with Gasteiger partial charge < -0.3 is 10.1 Å². The van der Waals surface area contributed by atoms with Gasteiger partial charge in [0.25, 0.3) is 0 Å². The molecular weight excluding hydrogens is 250 g/mol. The van der Waals surface area contributed by atoms with Crippen LogP contribution in [0.15, 0.2) is 60.7 Å². The molecule has 0 aromatic heterocycles. The number of ether oxygens (including phenoxy) is 1. The monoisotopic (exact) mass is 269 g/mol. The van der Waals surface area contributed by atoms with Gasteiger partial charge in [-0.1, -0.05) is 61.9 Å². The van der Waals surface area contributed by atoms with Crippen LogP contribution in [0.25, 0.3) is 0 Å². The lowest BCUT2D eigenvalue weighted by molar-refractivity contribution is 0.195. The highest BCUT2D eigenvalue weighted by Crippen LogP contribution is 2.18. The van der Waals surface area contributed by atoms with Crippen molar-refractivity contribution in [3.63, 3.8) is 0 Å². The van der Waals surface area contributed by atoms with E-state index in [1.165, 1.54) is 0 Å². The topological polar surface area (TPSA) is 38.3 Å². The van der Waals surface area contributed by atoms with Crippen molar-refractivity contribution < 1.29 is 9.53 Å². The average Bonchev–Trinajstić information content (AvgIpc) is 2.49. The molecule has 0 saturated heterocycles. The third-order valence-electron chi connectivity index (χ3n) is 3.03. The molecule has 2 aromatic rings. The van der Waals surface area contributed by atoms with Gasteiger partial charge in [0.15, 0.2) is 0 Å². The number of hydrogen-bond acceptors (Lipinski definition) is 2. The van der Waals surface area contributed by atoms with Crippen molar-refractivity contribution in [1.82, 2.24) is 5.32 Å². The van der Waals surface area contributed by atoms with Crippen LogP contribution in [0.5, 0.6) is 5.75 Å². The summed E-state index contributed by atoms with van der Waals surface area (Å²) in [6.45, 7) is 2.10. The summed E-state index contributed by atoms with van der Waals surface area (Å²) in [7, 11) is 0. The predicted octanol–water partition coefficient (Wildman–Crippen LogP) is 4.32. The van der Waals surface area contributed by atoms with E-state index >= 15 is 0 Å². The van der Waals surface area contributed by atoms with Crippen LogP contribution in [0.4, 0.5) is 4.79 Å². The second kappa shape index (κ2) is 7.34. The van der Waals surface area contributed by atoms with Crippen LogP contribution in [0.1, 0.15) is 31.4 Å². The normalized spacial score (nSPS) is 11.7. The number of benzene rings is 2. The van der Waals surface area contributed by atoms with Gasteiger partial charge in [0.05, 0.1) is 6.04 Å². The fraction of sp³-hybridized carbons (Fsp3) is 0.235. The molecule has 0 fully saturated rings. The second-order valence-electron chi connectivity index (χ2n) is 4.60. The van der Waals surface area contributed by atoms with Crippen LogP contribution in [0, 0.1) is 0 Å². The summed E-state index contributed by atoms with van der Waals surface area (Å²) in [5.74, 6) is 0.549. The average molecular weight is 269 g/mol. The first-order valence-corrected chi connectivity index (χ1v) is 6.88. The van der Waals surface area contributed by atoms with Gasteiger partial charge in [-0.15, -0.1) is 0 Å². The molecule has 104 valence electrons. The molecule has 1 unspecified atom stereocenters. The summed E-state index contributed by atoms with van der Waals surface area (Å²) >= 11 is 0. The zero-order valence-corrected chi connectivity index (χ0v) is 11.6. The van der Waals surface area contributed by atoms with Gasteiger partial charge in [0.1, 0.15) is 5.75 Å². The minimum absolute atomic E-state index is 0.0163. The maximum Gasteiger partial charge on any atom is 0.413 e. The van der Waals surface area contributed by atoms with E-state index < -0.39 is 6.09 Å². The third-order valence-corrected chi connectivity index (χ3v) is 3.03. The number of para-hydroxylation sites is 1. The molecule has 1 N–H and O–H groups in total. The number of amides is 1. The minimum atomic E-state index is -0.418. The molecule has 2 aromatic carbocycles. The van der Waals surface area contributed by atoms with E-state index in [1.807, 2.05) is 48.5 Å².